The van der Waals surface area contributed by atoms with Gasteiger partial charge in [0.25, 0.3) is 0 Å². The highest BCUT2D eigenvalue weighted by Crippen LogP contribution is 2.16. The van der Waals surface area contributed by atoms with Crippen LogP contribution in [-0.2, 0) is 21.2 Å². The van der Waals surface area contributed by atoms with Crippen molar-refractivity contribution >= 4 is 15.9 Å². The molecule has 1 N–H and O–H groups in total. The van der Waals surface area contributed by atoms with E-state index in [0.717, 1.165) is 24.7 Å². The molecule has 1 heterocycles. The number of amides is 1. The lowest BCUT2D eigenvalue weighted by Crippen LogP contribution is -2.56. The number of carbonyl (C=O) groups is 1. The van der Waals surface area contributed by atoms with Crippen molar-refractivity contribution in [1.29, 1.82) is 0 Å². The number of nitrogens with zero attached hydrogens (tertiary/aromatic N) is 2. The number of piperazine rings is 1. The predicted octanol–water partition coefficient (Wildman–Crippen LogP) is 2.27. The molecule has 8 heteroatoms. The van der Waals surface area contributed by atoms with Crippen LogP contribution in [0.3, 0.4) is 0 Å². The van der Waals surface area contributed by atoms with Crippen molar-refractivity contribution in [2.45, 2.75) is 37.2 Å². The van der Waals surface area contributed by atoms with Crippen LogP contribution in [0.4, 0.5) is 4.39 Å². The summed E-state index contributed by atoms with van der Waals surface area (Å²) in [5, 5.41) is 0. The van der Waals surface area contributed by atoms with E-state index >= 15 is 0 Å². The molecule has 2 aromatic carbocycles. The monoisotopic (exact) mass is 433 g/mol. The fraction of sp³-hybridized carbons (Fsp3) is 0.409. The Morgan fingerprint density at radius 1 is 1.00 bits per heavy atom. The second-order valence-corrected chi connectivity index (χ2v) is 9.43. The minimum absolute atomic E-state index is 0.192. The number of rotatable bonds is 7. The summed E-state index contributed by atoms with van der Waals surface area (Å²) in [6.45, 7) is 6.76. The minimum Gasteiger partial charge on any atom is -0.339 e. The van der Waals surface area contributed by atoms with Crippen LogP contribution in [0.25, 0.3) is 0 Å². The van der Waals surface area contributed by atoms with Crippen molar-refractivity contribution in [2.75, 3.05) is 26.2 Å². The maximum absolute atomic E-state index is 14.1. The summed E-state index contributed by atoms with van der Waals surface area (Å²) in [4.78, 5) is 16.8. The van der Waals surface area contributed by atoms with Crippen LogP contribution in [0.1, 0.15) is 19.4 Å². The van der Waals surface area contributed by atoms with Crippen LogP contribution in [0, 0.1) is 5.82 Å². The number of nitrogens with one attached hydrogen (secondary N) is 1. The molecule has 0 radical (unpaired) electrons. The van der Waals surface area contributed by atoms with Crippen molar-refractivity contribution < 1.29 is 17.6 Å². The van der Waals surface area contributed by atoms with Gasteiger partial charge in [-0.15, -0.1) is 0 Å². The molecule has 30 heavy (non-hydrogen) atoms. The first-order chi connectivity index (χ1) is 14.3. The number of carbonyl (C=O) groups excluding carboxylic acids is 1. The first-order valence-electron chi connectivity index (χ1n) is 10.1. The van der Waals surface area contributed by atoms with Crippen molar-refractivity contribution in [3.63, 3.8) is 0 Å². The van der Waals surface area contributed by atoms with E-state index in [1.54, 1.807) is 4.90 Å². The molecule has 0 aliphatic carbocycles. The Morgan fingerprint density at radius 3 is 2.20 bits per heavy atom. The Morgan fingerprint density at radius 2 is 1.60 bits per heavy atom. The van der Waals surface area contributed by atoms with Crippen LogP contribution in [0.5, 0.6) is 0 Å². The van der Waals surface area contributed by atoms with Gasteiger partial charge in [-0.1, -0.05) is 42.5 Å². The summed E-state index contributed by atoms with van der Waals surface area (Å²) in [5.41, 5.74) is 0.827. The van der Waals surface area contributed by atoms with E-state index in [4.69, 9.17) is 0 Å². The Labute approximate surface area is 177 Å². The number of halogens is 1. The lowest BCUT2D eigenvalue weighted by molar-refractivity contribution is -0.135. The van der Waals surface area contributed by atoms with Gasteiger partial charge >= 0.3 is 0 Å². The lowest BCUT2D eigenvalue weighted by Gasteiger charge is -2.38. The summed E-state index contributed by atoms with van der Waals surface area (Å²) in [5.74, 6) is -1.14. The average molecular weight is 434 g/mol. The largest absolute Gasteiger partial charge is 0.339 e. The van der Waals surface area contributed by atoms with Gasteiger partial charge in [0, 0.05) is 32.2 Å². The average Bonchev–Trinajstić information content (AvgIpc) is 2.73. The molecule has 0 spiro atoms. The van der Waals surface area contributed by atoms with Crippen LogP contribution < -0.4 is 4.72 Å². The summed E-state index contributed by atoms with van der Waals surface area (Å²) in [7, 11) is -4.20. The predicted molar refractivity (Wildman–Crippen MR) is 114 cm³/mol. The van der Waals surface area contributed by atoms with E-state index in [9.17, 15) is 17.6 Å². The lowest BCUT2D eigenvalue weighted by atomic mass is 10.1. The summed E-state index contributed by atoms with van der Waals surface area (Å²) < 4.78 is 42.3. The van der Waals surface area contributed by atoms with E-state index in [1.165, 1.54) is 18.2 Å². The highest BCUT2D eigenvalue weighted by Gasteiger charge is 2.32. The molecule has 1 aliphatic rings. The molecule has 0 unspecified atom stereocenters. The second-order valence-electron chi connectivity index (χ2n) is 7.75. The second kappa shape index (κ2) is 9.68. The van der Waals surface area contributed by atoms with Crippen LogP contribution in [0.2, 0.25) is 0 Å². The van der Waals surface area contributed by atoms with E-state index in [1.807, 2.05) is 30.3 Å². The third kappa shape index (κ3) is 5.44. The molecule has 0 bridgehead atoms. The maximum Gasteiger partial charge on any atom is 0.244 e. The van der Waals surface area contributed by atoms with Gasteiger partial charge in [-0.2, -0.15) is 4.72 Å². The highest BCUT2D eigenvalue weighted by atomic mass is 32.2. The Balaban J connectivity index is 1.82. The van der Waals surface area contributed by atoms with E-state index in [2.05, 4.69) is 23.5 Å². The maximum atomic E-state index is 14.1. The first kappa shape index (κ1) is 22.4. The van der Waals surface area contributed by atoms with Crippen LogP contribution >= 0.6 is 0 Å². The van der Waals surface area contributed by atoms with Crippen molar-refractivity contribution in [1.82, 2.24) is 14.5 Å². The van der Waals surface area contributed by atoms with Gasteiger partial charge < -0.3 is 4.90 Å². The van der Waals surface area contributed by atoms with Gasteiger partial charge in [0.1, 0.15) is 16.8 Å². The smallest absolute Gasteiger partial charge is 0.244 e. The van der Waals surface area contributed by atoms with E-state index in [-0.39, 0.29) is 12.3 Å². The highest BCUT2D eigenvalue weighted by molar-refractivity contribution is 7.89. The van der Waals surface area contributed by atoms with Gasteiger partial charge in [-0.3, -0.25) is 9.69 Å². The van der Waals surface area contributed by atoms with E-state index in [0.29, 0.717) is 19.1 Å². The van der Waals surface area contributed by atoms with E-state index < -0.39 is 26.8 Å². The molecule has 1 atom stereocenters. The Kier molecular flexibility index (Phi) is 7.23. The zero-order chi connectivity index (χ0) is 21.7. The Bertz CT molecular complexity index is 959. The zero-order valence-corrected chi connectivity index (χ0v) is 18.1. The number of hydrogen-bond acceptors (Lipinski definition) is 4. The summed E-state index contributed by atoms with van der Waals surface area (Å²) in [6.07, 6.45) is 0.192. The van der Waals surface area contributed by atoms with Crippen molar-refractivity contribution in [2.24, 2.45) is 0 Å². The number of sulfonamides is 1. The summed E-state index contributed by atoms with van der Waals surface area (Å²) in [6, 6.07) is 13.8. The third-order valence-electron chi connectivity index (χ3n) is 5.36. The molecule has 0 saturated carbocycles. The quantitative estimate of drug-likeness (QED) is 0.727. The molecular formula is C22H28FN3O3S. The molecule has 1 aliphatic heterocycles. The summed E-state index contributed by atoms with van der Waals surface area (Å²) >= 11 is 0. The number of hydrogen-bond donors (Lipinski definition) is 1. The molecule has 2 aromatic rings. The molecule has 1 fully saturated rings. The molecule has 6 nitrogen and oxygen atoms in total. The third-order valence-corrected chi connectivity index (χ3v) is 6.87. The first-order valence-corrected chi connectivity index (χ1v) is 11.6. The fourth-order valence-electron chi connectivity index (χ4n) is 3.62. The SMILES string of the molecule is CC(C)N1CCN(C(=O)[C@H](Cc2ccccc2)NS(=O)(=O)c2ccccc2F)CC1. The molecule has 1 amide bonds. The standard InChI is InChI=1S/C22H28FN3O3S/c1-17(2)25-12-14-26(15-13-25)22(27)20(16-18-8-4-3-5-9-18)24-30(28,29)21-11-7-6-10-19(21)23/h3-11,17,20,24H,12-16H2,1-2H3/t20-/m0/s1. The topological polar surface area (TPSA) is 69.7 Å². The van der Waals surface area contributed by atoms with Gasteiger partial charge in [0.2, 0.25) is 15.9 Å². The van der Waals surface area contributed by atoms with Crippen molar-refractivity contribution in [3.05, 3.63) is 66.0 Å². The number of benzene rings is 2. The Hall–Kier alpha value is -2.29. The molecule has 162 valence electrons. The molecule has 0 aromatic heterocycles. The van der Waals surface area contributed by atoms with Gasteiger partial charge in [-0.05, 0) is 38.0 Å². The zero-order valence-electron chi connectivity index (χ0n) is 17.3. The minimum atomic E-state index is -4.20. The molecule has 3 rings (SSSR count). The normalized spacial score (nSPS) is 16.6. The van der Waals surface area contributed by atoms with Crippen LogP contribution in [0.15, 0.2) is 59.5 Å². The van der Waals surface area contributed by atoms with Gasteiger partial charge in [-0.25, -0.2) is 12.8 Å². The fourth-order valence-corrected chi connectivity index (χ4v) is 4.89. The van der Waals surface area contributed by atoms with Gasteiger partial charge in [0.05, 0.1) is 0 Å². The van der Waals surface area contributed by atoms with Crippen LogP contribution in [-0.4, -0.2) is 62.4 Å². The molecule has 1 saturated heterocycles. The van der Waals surface area contributed by atoms with Crippen molar-refractivity contribution in [3.8, 4) is 0 Å². The molecular weight excluding hydrogens is 405 g/mol. The van der Waals surface area contributed by atoms with Gasteiger partial charge in [0.15, 0.2) is 0 Å².